The lowest BCUT2D eigenvalue weighted by Gasteiger charge is -2.22. The van der Waals surface area contributed by atoms with E-state index in [4.69, 9.17) is 14.2 Å². The molecule has 0 spiro atoms. The molecule has 6 nitrogen and oxygen atoms in total. The van der Waals surface area contributed by atoms with Gasteiger partial charge >= 0.3 is 5.97 Å². The minimum Gasteiger partial charge on any atom is -0.496 e. The topological polar surface area (TPSA) is 78.9 Å². The molecule has 0 saturated carbocycles. The van der Waals surface area contributed by atoms with Gasteiger partial charge in [0.2, 0.25) is 5.78 Å². The van der Waals surface area contributed by atoms with Gasteiger partial charge in [0.05, 0.1) is 25.3 Å². The Hall–Kier alpha value is -3.41. The van der Waals surface area contributed by atoms with Crippen LogP contribution in [0.5, 0.6) is 11.5 Å². The number of hydrogen-bond acceptors (Lipinski definition) is 6. The Morgan fingerprint density at radius 1 is 0.963 bits per heavy atom. The first-order valence-electron chi connectivity index (χ1n) is 8.26. The molecule has 0 saturated heterocycles. The number of benzene rings is 2. The van der Waals surface area contributed by atoms with Crippen molar-refractivity contribution in [2.75, 3.05) is 20.8 Å². The van der Waals surface area contributed by atoms with E-state index in [-0.39, 0.29) is 40.8 Å². The van der Waals surface area contributed by atoms with Gasteiger partial charge in [-0.05, 0) is 18.2 Å². The number of rotatable bonds is 5. The fraction of sp³-hybridized carbons (Fsp3) is 0.190. The fourth-order valence-electron chi connectivity index (χ4n) is 3.10. The van der Waals surface area contributed by atoms with Crippen LogP contribution in [0.1, 0.15) is 44.3 Å². The maximum atomic E-state index is 13.2. The Balaban J connectivity index is 2.11. The summed E-state index contributed by atoms with van der Waals surface area (Å²) in [6.07, 6.45) is 3.31. The van der Waals surface area contributed by atoms with Gasteiger partial charge in [0.1, 0.15) is 18.1 Å². The van der Waals surface area contributed by atoms with E-state index in [1.54, 1.807) is 42.5 Å². The number of ether oxygens (including phenoxy) is 3. The Morgan fingerprint density at radius 2 is 1.70 bits per heavy atom. The number of carbonyl (C=O) groups is 3. The highest BCUT2D eigenvalue weighted by Gasteiger charge is 2.35. The Labute approximate surface area is 156 Å². The number of ketones is 2. The molecular formula is C21H18O6. The van der Waals surface area contributed by atoms with E-state index in [0.29, 0.717) is 22.6 Å². The molecule has 0 aromatic heterocycles. The minimum absolute atomic E-state index is 0.0963. The second-order valence-electron chi connectivity index (χ2n) is 5.86. The summed E-state index contributed by atoms with van der Waals surface area (Å²) < 4.78 is 15.6. The van der Waals surface area contributed by atoms with Crippen molar-refractivity contribution < 1.29 is 28.6 Å². The zero-order valence-electron chi connectivity index (χ0n) is 15.2. The summed E-state index contributed by atoms with van der Waals surface area (Å²) in [7, 11) is 2.89. The number of esters is 1. The van der Waals surface area contributed by atoms with Crippen LogP contribution in [0.15, 0.2) is 36.4 Å². The molecule has 0 amide bonds. The summed E-state index contributed by atoms with van der Waals surface area (Å²) in [5.41, 5.74) is 1.63. The lowest BCUT2D eigenvalue weighted by molar-refractivity contribution is -0.139. The van der Waals surface area contributed by atoms with Crippen LogP contribution >= 0.6 is 0 Å². The standard InChI is InChI=1S/C21H18O6/c1-12(22)27-11-5-6-13-9-10-15-18(21(13)26-3)20(24)17-14(19(15)23)7-4-8-16(17)25-2/h4-10H,11H2,1-3H3/b6-5+. The Morgan fingerprint density at radius 3 is 2.37 bits per heavy atom. The quantitative estimate of drug-likeness (QED) is 0.646. The SMILES string of the molecule is COc1cccc2c1C(=O)c1c(ccc(/C=C/COC(C)=O)c1OC)C2=O. The molecule has 0 radical (unpaired) electrons. The number of carbonyl (C=O) groups excluding carboxylic acids is 3. The largest absolute Gasteiger partial charge is 0.496 e. The van der Waals surface area contributed by atoms with Gasteiger partial charge in [-0.25, -0.2) is 0 Å². The van der Waals surface area contributed by atoms with Crippen molar-refractivity contribution in [3.63, 3.8) is 0 Å². The average molecular weight is 366 g/mol. The van der Waals surface area contributed by atoms with Crippen LogP contribution in [-0.2, 0) is 9.53 Å². The summed E-state index contributed by atoms with van der Waals surface area (Å²) in [5, 5.41) is 0. The van der Waals surface area contributed by atoms with E-state index < -0.39 is 0 Å². The molecule has 138 valence electrons. The van der Waals surface area contributed by atoms with Crippen molar-refractivity contribution in [2.24, 2.45) is 0 Å². The third-order valence-corrected chi connectivity index (χ3v) is 4.26. The summed E-state index contributed by atoms with van der Waals surface area (Å²) in [6.45, 7) is 1.42. The Bertz CT molecular complexity index is 971. The van der Waals surface area contributed by atoms with Crippen molar-refractivity contribution >= 4 is 23.6 Å². The maximum Gasteiger partial charge on any atom is 0.302 e. The molecule has 2 aromatic carbocycles. The normalized spacial score (nSPS) is 12.6. The van der Waals surface area contributed by atoms with Crippen LogP contribution in [0.25, 0.3) is 6.08 Å². The molecule has 1 aliphatic carbocycles. The van der Waals surface area contributed by atoms with E-state index in [0.717, 1.165) is 0 Å². The van der Waals surface area contributed by atoms with Gasteiger partial charge in [-0.15, -0.1) is 0 Å². The molecule has 6 heteroatoms. The van der Waals surface area contributed by atoms with E-state index in [1.807, 2.05) is 0 Å². The zero-order valence-corrected chi connectivity index (χ0v) is 15.2. The molecule has 27 heavy (non-hydrogen) atoms. The van der Waals surface area contributed by atoms with Crippen LogP contribution in [0.3, 0.4) is 0 Å². The molecule has 3 rings (SSSR count). The van der Waals surface area contributed by atoms with Crippen LogP contribution < -0.4 is 9.47 Å². The second-order valence-corrected chi connectivity index (χ2v) is 5.86. The number of methoxy groups -OCH3 is 2. The smallest absolute Gasteiger partial charge is 0.302 e. The summed E-state index contributed by atoms with van der Waals surface area (Å²) in [6, 6.07) is 8.23. The van der Waals surface area contributed by atoms with Crippen LogP contribution in [-0.4, -0.2) is 38.4 Å². The first-order chi connectivity index (χ1) is 13.0. The second kappa shape index (κ2) is 7.45. The van der Waals surface area contributed by atoms with Crippen LogP contribution in [0.2, 0.25) is 0 Å². The first-order valence-corrected chi connectivity index (χ1v) is 8.26. The third kappa shape index (κ3) is 3.21. The van der Waals surface area contributed by atoms with Crippen LogP contribution in [0, 0.1) is 0 Å². The molecule has 2 aromatic rings. The van der Waals surface area contributed by atoms with Gasteiger partial charge in [0.15, 0.2) is 5.78 Å². The zero-order chi connectivity index (χ0) is 19.6. The van der Waals surface area contributed by atoms with Gasteiger partial charge in [0.25, 0.3) is 0 Å². The number of hydrogen-bond donors (Lipinski definition) is 0. The van der Waals surface area contributed by atoms with Crippen LogP contribution in [0.4, 0.5) is 0 Å². The minimum atomic E-state index is -0.387. The molecule has 0 heterocycles. The van der Waals surface area contributed by atoms with Crippen molar-refractivity contribution in [2.45, 2.75) is 6.92 Å². The van der Waals surface area contributed by atoms with Gasteiger partial charge < -0.3 is 14.2 Å². The molecule has 0 bridgehead atoms. The first kappa shape index (κ1) is 18.4. The molecule has 0 N–H and O–H groups in total. The average Bonchev–Trinajstić information content (AvgIpc) is 2.67. The highest BCUT2D eigenvalue weighted by molar-refractivity contribution is 6.30. The van der Waals surface area contributed by atoms with E-state index >= 15 is 0 Å². The highest BCUT2D eigenvalue weighted by Crippen LogP contribution is 2.39. The fourth-order valence-corrected chi connectivity index (χ4v) is 3.10. The van der Waals surface area contributed by atoms with Gasteiger partial charge in [-0.1, -0.05) is 24.3 Å². The van der Waals surface area contributed by atoms with Crippen molar-refractivity contribution in [1.82, 2.24) is 0 Å². The molecule has 1 aliphatic rings. The van der Waals surface area contributed by atoms with Crippen molar-refractivity contribution in [1.29, 1.82) is 0 Å². The predicted octanol–water partition coefficient (Wildman–Crippen LogP) is 3.06. The summed E-state index contributed by atoms with van der Waals surface area (Å²) in [5.74, 6) is -0.339. The molecular weight excluding hydrogens is 348 g/mol. The lowest BCUT2D eigenvalue weighted by Crippen LogP contribution is -2.22. The van der Waals surface area contributed by atoms with Gasteiger partial charge in [-0.2, -0.15) is 0 Å². The third-order valence-electron chi connectivity index (χ3n) is 4.26. The van der Waals surface area contributed by atoms with Crippen molar-refractivity contribution in [3.8, 4) is 11.5 Å². The monoisotopic (exact) mass is 366 g/mol. The number of fused-ring (bicyclic) bond motifs is 2. The summed E-state index contributed by atoms with van der Waals surface area (Å²) >= 11 is 0. The highest BCUT2D eigenvalue weighted by atomic mass is 16.5. The maximum absolute atomic E-state index is 13.2. The Kier molecular flexibility index (Phi) is 5.07. The molecule has 0 fully saturated rings. The van der Waals surface area contributed by atoms with Gasteiger partial charge in [0, 0.05) is 23.6 Å². The van der Waals surface area contributed by atoms with E-state index in [1.165, 1.54) is 21.1 Å². The lowest BCUT2D eigenvalue weighted by atomic mass is 9.82. The molecule has 0 unspecified atom stereocenters. The predicted molar refractivity (Wildman–Crippen MR) is 98.5 cm³/mol. The van der Waals surface area contributed by atoms with E-state index in [2.05, 4.69) is 0 Å². The van der Waals surface area contributed by atoms with E-state index in [9.17, 15) is 14.4 Å². The summed E-state index contributed by atoms with van der Waals surface area (Å²) in [4.78, 5) is 36.9. The van der Waals surface area contributed by atoms with Crippen molar-refractivity contribution in [3.05, 3.63) is 64.2 Å². The molecule has 0 atom stereocenters. The molecule has 0 aliphatic heterocycles. The van der Waals surface area contributed by atoms with Gasteiger partial charge in [-0.3, -0.25) is 14.4 Å².